The Morgan fingerprint density at radius 1 is 1.09 bits per heavy atom. The molecule has 3 aromatic carbocycles. The van der Waals surface area contributed by atoms with Crippen LogP contribution in [0.15, 0.2) is 84.2 Å². The van der Waals surface area contributed by atoms with Crippen molar-refractivity contribution < 1.29 is 14.3 Å². The van der Waals surface area contributed by atoms with Crippen molar-refractivity contribution in [3.05, 3.63) is 94.8 Å². The first kappa shape index (κ1) is 22.8. The molecule has 2 heterocycles. The summed E-state index contributed by atoms with van der Waals surface area (Å²) < 4.78 is 5.86. The zero-order valence-electron chi connectivity index (χ0n) is 19.5. The van der Waals surface area contributed by atoms with Gasteiger partial charge in [-0.3, -0.25) is 14.5 Å². The molecule has 0 bridgehead atoms. The number of amides is 2. The van der Waals surface area contributed by atoms with Crippen LogP contribution in [0.25, 0.3) is 11.3 Å². The molecule has 0 radical (unpaired) electrons. The minimum atomic E-state index is -0.730. The Balaban J connectivity index is 1.43. The smallest absolute Gasteiger partial charge is 0.268 e. The third-order valence-electron chi connectivity index (χ3n) is 5.96. The zero-order valence-corrected chi connectivity index (χ0v) is 20.3. The summed E-state index contributed by atoms with van der Waals surface area (Å²) in [5.74, 6) is 0.0437. The largest absolute Gasteiger partial charge is 0.479 e. The fourth-order valence-electron chi connectivity index (χ4n) is 4.10. The highest BCUT2D eigenvalue weighted by atomic mass is 32.1. The van der Waals surface area contributed by atoms with Gasteiger partial charge in [-0.1, -0.05) is 48.5 Å². The van der Waals surface area contributed by atoms with Gasteiger partial charge in [0.05, 0.1) is 16.4 Å². The number of fused-ring (bicyclic) bond motifs is 1. The molecule has 1 aromatic heterocycles. The van der Waals surface area contributed by atoms with Crippen LogP contribution in [0.4, 0.5) is 11.4 Å². The molecule has 4 aromatic rings. The van der Waals surface area contributed by atoms with E-state index in [1.807, 2.05) is 72.1 Å². The second kappa shape index (κ2) is 9.72. The molecule has 6 nitrogen and oxygen atoms in total. The maximum Gasteiger partial charge on any atom is 0.268 e. The standard InChI is InChI=1S/C28H25N3O3S/c1-18(27(32)29-22-11-7-4-8-12-22)31-24-16-21(13-14-25(24)34-19(2)28(31)33)23-17-35-26(30-23)15-20-9-5-3-6-10-20/h3-14,16-19H,15H2,1-2H3,(H,29,32). The Labute approximate surface area is 208 Å². The Morgan fingerprint density at radius 2 is 1.80 bits per heavy atom. The van der Waals surface area contributed by atoms with Gasteiger partial charge in [0.15, 0.2) is 6.10 Å². The number of hydrogen-bond acceptors (Lipinski definition) is 5. The van der Waals surface area contributed by atoms with Crippen LogP contribution in [0.2, 0.25) is 0 Å². The third kappa shape index (κ3) is 4.81. The summed E-state index contributed by atoms with van der Waals surface area (Å²) in [4.78, 5) is 32.5. The van der Waals surface area contributed by atoms with E-state index in [9.17, 15) is 9.59 Å². The molecule has 7 heteroatoms. The highest BCUT2D eigenvalue weighted by Gasteiger charge is 2.37. The first-order chi connectivity index (χ1) is 17.0. The molecular weight excluding hydrogens is 458 g/mol. The fraction of sp³-hybridized carbons (Fsp3) is 0.179. The van der Waals surface area contributed by atoms with E-state index >= 15 is 0 Å². The summed E-state index contributed by atoms with van der Waals surface area (Å²) in [6.45, 7) is 3.43. The molecule has 0 spiro atoms. The van der Waals surface area contributed by atoms with Gasteiger partial charge in [-0.05, 0) is 49.7 Å². The molecule has 35 heavy (non-hydrogen) atoms. The van der Waals surface area contributed by atoms with Crippen molar-refractivity contribution in [1.29, 1.82) is 0 Å². The van der Waals surface area contributed by atoms with Gasteiger partial charge < -0.3 is 10.1 Å². The molecule has 0 aliphatic carbocycles. The van der Waals surface area contributed by atoms with E-state index in [0.717, 1.165) is 22.7 Å². The predicted octanol–water partition coefficient (Wildman–Crippen LogP) is 5.54. The van der Waals surface area contributed by atoms with Crippen molar-refractivity contribution >= 4 is 34.5 Å². The molecule has 0 fully saturated rings. The topological polar surface area (TPSA) is 71.5 Å². The molecule has 1 aliphatic heterocycles. The van der Waals surface area contributed by atoms with Crippen LogP contribution in [0.5, 0.6) is 5.75 Å². The van der Waals surface area contributed by atoms with Gasteiger partial charge in [-0.2, -0.15) is 0 Å². The van der Waals surface area contributed by atoms with Gasteiger partial charge >= 0.3 is 0 Å². The van der Waals surface area contributed by atoms with Crippen LogP contribution in [0, 0.1) is 0 Å². The lowest BCUT2D eigenvalue weighted by Crippen LogP contribution is -2.52. The lowest BCUT2D eigenvalue weighted by Gasteiger charge is -2.36. The number of carbonyl (C=O) groups is 2. The van der Waals surface area contributed by atoms with Crippen LogP contribution < -0.4 is 15.0 Å². The molecule has 2 unspecified atom stereocenters. The average molecular weight is 484 g/mol. The number of benzene rings is 3. The first-order valence-electron chi connectivity index (χ1n) is 11.5. The summed E-state index contributed by atoms with van der Waals surface area (Å²) in [5.41, 5.74) is 4.15. The summed E-state index contributed by atoms with van der Waals surface area (Å²) in [6.07, 6.45) is 0.0790. The average Bonchev–Trinajstić information content (AvgIpc) is 3.34. The Bertz CT molecular complexity index is 1350. The minimum absolute atomic E-state index is 0.256. The lowest BCUT2D eigenvalue weighted by molar-refractivity contribution is -0.128. The zero-order chi connectivity index (χ0) is 24.4. The molecule has 2 amide bonds. The highest BCUT2D eigenvalue weighted by molar-refractivity contribution is 7.10. The number of rotatable bonds is 6. The van der Waals surface area contributed by atoms with Crippen LogP contribution in [0.3, 0.4) is 0 Å². The van der Waals surface area contributed by atoms with Crippen molar-refractivity contribution in [1.82, 2.24) is 4.98 Å². The van der Waals surface area contributed by atoms with Gasteiger partial charge in [-0.25, -0.2) is 4.98 Å². The van der Waals surface area contributed by atoms with E-state index in [1.165, 1.54) is 10.5 Å². The fourth-order valence-corrected chi connectivity index (χ4v) is 4.94. The number of nitrogens with zero attached hydrogens (tertiary/aromatic N) is 2. The van der Waals surface area contributed by atoms with Crippen molar-refractivity contribution in [3.63, 3.8) is 0 Å². The van der Waals surface area contributed by atoms with Crippen LogP contribution in [0.1, 0.15) is 24.4 Å². The van der Waals surface area contributed by atoms with Gasteiger partial charge in [0.2, 0.25) is 5.91 Å². The second-order valence-corrected chi connectivity index (χ2v) is 9.41. The number of hydrogen-bond donors (Lipinski definition) is 1. The summed E-state index contributed by atoms with van der Waals surface area (Å²) >= 11 is 1.60. The quantitative estimate of drug-likeness (QED) is 0.391. The van der Waals surface area contributed by atoms with Gasteiger partial charge in [0, 0.05) is 23.1 Å². The highest BCUT2D eigenvalue weighted by Crippen LogP contribution is 2.39. The normalized spacial score (nSPS) is 15.8. The third-order valence-corrected chi connectivity index (χ3v) is 6.81. The maximum absolute atomic E-state index is 13.1. The molecule has 5 rings (SSSR count). The van der Waals surface area contributed by atoms with Crippen LogP contribution in [-0.2, 0) is 16.0 Å². The molecular formula is C28H25N3O3S. The maximum atomic E-state index is 13.1. The Kier molecular flexibility index (Phi) is 6.33. The van der Waals surface area contributed by atoms with E-state index < -0.39 is 12.1 Å². The number of ether oxygens (including phenoxy) is 1. The lowest BCUT2D eigenvalue weighted by atomic mass is 10.1. The minimum Gasteiger partial charge on any atom is -0.479 e. The SMILES string of the molecule is CC1Oc2ccc(-c3csc(Cc4ccccc4)n3)cc2N(C(C)C(=O)Nc2ccccc2)C1=O. The summed E-state index contributed by atoms with van der Waals surface area (Å²) in [5, 5.41) is 5.92. The predicted molar refractivity (Wildman–Crippen MR) is 139 cm³/mol. The van der Waals surface area contributed by atoms with E-state index in [0.29, 0.717) is 17.1 Å². The summed E-state index contributed by atoms with van der Waals surface area (Å²) in [6, 6.07) is 24.4. The van der Waals surface area contributed by atoms with Crippen LogP contribution in [-0.4, -0.2) is 28.9 Å². The van der Waals surface area contributed by atoms with E-state index in [1.54, 1.807) is 25.2 Å². The van der Waals surface area contributed by atoms with Gasteiger partial charge in [0.25, 0.3) is 5.91 Å². The number of nitrogens with one attached hydrogen (secondary N) is 1. The van der Waals surface area contributed by atoms with Crippen molar-refractivity contribution in [2.75, 3.05) is 10.2 Å². The number of para-hydroxylation sites is 1. The van der Waals surface area contributed by atoms with E-state index in [2.05, 4.69) is 17.4 Å². The Morgan fingerprint density at radius 3 is 2.54 bits per heavy atom. The molecule has 176 valence electrons. The molecule has 1 aliphatic rings. The molecule has 2 atom stereocenters. The second-order valence-electron chi connectivity index (χ2n) is 8.47. The number of thiazole rings is 1. The van der Waals surface area contributed by atoms with E-state index in [4.69, 9.17) is 9.72 Å². The van der Waals surface area contributed by atoms with Crippen LogP contribution >= 0.6 is 11.3 Å². The number of aromatic nitrogens is 1. The van der Waals surface area contributed by atoms with Gasteiger partial charge in [-0.15, -0.1) is 11.3 Å². The van der Waals surface area contributed by atoms with Crippen molar-refractivity contribution in [3.8, 4) is 17.0 Å². The molecule has 1 N–H and O–H groups in total. The first-order valence-corrected chi connectivity index (χ1v) is 12.4. The van der Waals surface area contributed by atoms with Crippen molar-refractivity contribution in [2.24, 2.45) is 0 Å². The summed E-state index contributed by atoms with van der Waals surface area (Å²) in [7, 11) is 0. The number of carbonyl (C=O) groups excluding carboxylic acids is 2. The van der Waals surface area contributed by atoms with Gasteiger partial charge in [0.1, 0.15) is 11.8 Å². The van der Waals surface area contributed by atoms with E-state index in [-0.39, 0.29) is 11.8 Å². The number of anilines is 2. The Hall–Kier alpha value is -3.97. The van der Waals surface area contributed by atoms with Crippen molar-refractivity contribution in [2.45, 2.75) is 32.4 Å². The molecule has 0 saturated carbocycles. The molecule has 0 saturated heterocycles. The monoisotopic (exact) mass is 483 g/mol.